The number of carbonyl (C=O) groups excluding carboxylic acids is 1. The highest BCUT2D eigenvalue weighted by molar-refractivity contribution is 5.86. The van der Waals surface area contributed by atoms with Crippen LogP contribution in [-0.4, -0.2) is 38.0 Å². The van der Waals surface area contributed by atoms with E-state index < -0.39 is 29.5 Å². The first-order chi connectivity index (χ1) is 14.5. The number of nitrogens with zero attached hydrogens (tertiary/aromatic N) is 3. The zero-order chi connectivity index (χ0) is 21.5. The van der Waals surface area contributed by atoms with Crippen LogP contribution in [0.15, 0.2) is 59.4 Å². The minimum Gasteiger partial charge on any atom is -0.480 e. The summed E-state index contributed by atoms with van der Waals surface area (Å²) in [5, 5.41) is 20.6. The second-order valence-electron chi connectivity index (χ2n) is 7.10. The largest absolute Gasteiger partial charge is 0.480 e. The first-order valence-corrected chi connectivity index (χ1v) is 9.92. The Kier molecular flexibility index (Phi) is 6.90. The zero-order valence-corrected chi connectivity index (χ0v) is 16.7. The van der Waals surface area contributed by atoms with Gasteiger partial charge in [-0.15, -0.1) is 5.10 Å². The van der Waals surface area contributed by atoms with Gasteiger partial charge < -0.3 is 10.4 Å². The van der Waals surface area contributed by atoms with Gasteiger partial charge in [-0.25, -0.2) is 4.79 Å². The van der Waals surface area contributed by atoms with E-state index in [1.54, 1.807) is 36.4 Å². The van der Waals surface area contributed by atoms with Gasteiger partial charge >= 0.3 is 5.97 Å². The standard InChI is InChI=1S/C22H24N4O4/c1-2-3-13-19(26-21(28)16-11-7-8-12-17(16)24-25-26)20(27)23-18(22(29)30)14-15-9-5-4-6-10-15/h4-12,18-19H,2-3,13-14H2,1H3,(H,23,27)(H,29,30)/t18-,19+/m0/s1. The minimum atomic E-state index is -1.14. The number of aliphatic carboxylic acids is 1. The fraction of sp³-hybridized carbons (Fsp3) is 0.318. The van der Waals surface area contributed by atoms with Crippen LogP contribution in [0.2, 0.25) is 0 Å². The van der Waals surface area contributed by atoms with Gasteiger partial charge in [0.05, 0.1) is 5.39 Å². The topological polar surface area (TPSA) is 114 Å². The molecule has 1 amide bonds. The van der Waals surface area contributed by atoms with Crippen molar-refractivity contribution in [1.29, 1.82) is 0 Å². The number of carboxylic acids is 1. The fourth-order valence-electron chi connectivity index (χ4n) is 3.29. The van der Waals surface area contributed by atoms with E-state index >= 15 is 0 Å². The van der Waals surface area contributed by atoms with E-state index in [0.717, 1.165) is 16.7 Å². The van der Waals surface area contributed by atoms with Crippen molar-refractivity contribution in [3.63, 3.8) is 0 Å². The highest BCUT2D eigenvalue weighted by atomic mass is 16.4. The molecule has 0 aliphatic carbocycles. The van der Waals surface area contributed by atoms with Gasteiger partial charge in [0.1, 0.15) is 17.6 Å². The van der Waals surface area contributed by atoms with Crippen LogP contribution in [0.3, 0.4) is 0 Å². The Labute approximate surface area is 173 Å². The molecule has 2 atom stereocenters. The van der Waals surface area contributed by atoms with E-state index in [1.807, 2.05) is 25.1 Å². The number of carbonyl (C=O) groups is 2. The van der Waals surface area contributed by atoms with Crippen LogP contribution in [0.5, 0.6) is 0 Å². The molecule has 156 valence electrons. The number of nitrogens with one attached hydrogen (secondary N) is 1. The maximum Gasteiger partial charge on any atom is 0.326 e. The normalized spacial score (nSPS) is 13.0. The Morgan fingerprint density at radius 3 is 2.50 bits per heavy atom. The molecule has 0 fully saturated rings. The van der Waals surface area contributed by atoms with Crippen molar-refractivity contribution in [2.75, 3.05) is 0 Å². The van der Waals surface area contributed by atoms with E-state index in [2.05, 4.69) is 15.6 Å². The maximum atomic E-state index is 13.0. The predicted molar refractivity (Wildman–Crippen MR) is 112 cm³/mol. The number of carboxylic acid groups (broad SMARTS) is 1. The van der Waals surface area contributed by atoms with Crippen LogP contribution in [0.4, 0.5) is 0 Å². The van der Waals surface area contributed by atoms with Gasteiger partial charge in [-0.2, -0.15) is 4.68 Å². The molecule has 0 unspecified atom stereocenters. The molecule has 0 saturated heterocycles. The zero-order valence-electron chi connectivity index (χ0n) is 16.7. The molecule has 0 spiro atoms. The molecule has 2 aromatic carbocycles. The Morgan fingerprint density at radius 1 is 1.10 bits per heavy atom. The number of benzene rings is 2. The molecule has 0 aliphatic rings. The number of fused-ring (bicyclic) bond motifs is 1. The summed E-state index contributed by atoms with van der Waals surface area (Å²) in [6.07, 6.45) is 1.98. The number of aromatic nitrogens is 3. The van der Waals surface area contributed by atoms with Crippen LogP contribution >= 0.6 is 0 Å². The monoisotopic (exact) mass is 408 g/mol. The summed E-state index contributed by atoms with van der Waals surface area (Å²) in [7, 11) is 0. The lowest BCUT2D eigenvalue weighted by atomic mass is 10.0. The second kappa shape index (κ2) is 9.78. The average molecular weight is 408 g/mol. The molecule has 1 heterocycles. The van der Waals surface area contributed by atoms with Crippen molar-refractivity contribution in [2.45, 2.75) is 44.7 Å². The van der Waals surface area contributed by atoms with E-state index in [4.69, 9.17) is 0 Å². The molecule has 8 nitrogen and oxygen atoms in total. The summed E-state index contributed by atoms with van der Waals surface area (Å²) in [6, 6.07) is 13.8. The quantitative estimate of drug-likeness (QED) is 0.562. The summed E-state index contributed by atoms with van der Waals surface area (Å²) in [5.74, 6) is -1.70. The highest BCUT2D eigenvalue weighted by Crippen LogP contribution is 2.15. The lowest BCUT2D eigenvalue weighted by Gasteiger charge is -2.21. The third kappa shape index (κ3) is 4.89. The van der Waals surface area contributed by atoms with Crippen molar-refractivity contribution < 1.29 is 14.7 Å². The van der Waals surface area contributed by atoms with Crippen molar-refractivity contribution in [2.24, 2.45) is 0 Å². The third-order valence-electron chi connectivity index (χ3n) is 4.92. The lowest BCUT2D eigenvalue weighted by molar-refractivity contribution is -0.142. The van der Waals surface area contributed by atoms with Crippen LogP contribution in [-0.2, 0) is 16.0 Å². The Bertz CT molecular complexity index is 1080. The molecule has 8 heteroatoms. The highest BCUT2D eigenvalue weighted by Gasteiger charge is 2.28. The van der Waals surface area contributed by atoms with Gasteiger partial charge in [-0.3, -0.25) is 9.59 Å². The first-order valence-electron chi connectivity index (χ1n) is 9.92. The first kappa shape index (κ1) is 21.2. The SMILES string of the molecule is CCCC[C@H](C(=O)N[C@@H](Cc1ccccc1)C(=O)O)n1nnc2ccccc2c1=O. The van der Waals surface area contributed by atoms with Gasteiger partial charge in [-0.05, 0) is 24.1 Å². The number of unbranched alkanes of at least 4 members (excludes halogenated alkanes) is 1. The molecular formula is C22H24N4O4. The van der Waals surface area contributed by atoms with Gasteiger partial charge in [0.25, 0.3) is 5.56 Å². The molecule has 3 rings (SSSR count). The summed E-state index contributed by atoms with van der Waals surface area (Å²) >= 11 is 0. The van der Waals surface area contributed by atoms with Crippen LogP contribution in [0, 0.1) is 0 Å². The lowest BCUT2D eigenvalue weighted by Crippen LogP contribution is -2.47. The van der Waals surface area contributed by atoms with Gasteiger partial charge in [0.15, 0.2) is 0 Å². The number of amides is 1. The number of hydrogen-bond donors (Lipinski definition) is 2. The number of hydrogen-bond acceptors (Lipinski definition) is 5. The summed E-state index contributed by atoms with van der Waals surface area (Å²) < 4.78 is 1.06. The van der Waals surface area contributed by atoms with E-state index in [0.29, 0.717) is 23.7 Å². The molecule has 1 aromatic heterocycles. The minimum absolute atomic E-state index is 0.140. The van der Waals surface area contributed by atoms with Crippen LogP contribution in [0.25, 0.3) is 10.9 Å². The Morgan fingerprint density at radius 2 is 1.80 bits per heavy atom. The molecule has 0 saturated carbocycles. The fourth-order valence-corrected chi connectivity index (χ4v) is 3.29. The molecule has 0 aliphatic heterocycles. The molecule has 0 bridgehead atoms. The summed E-state index contributed by atoms with van der Waals surface area (Å²) in [6.45, 7) is 1.97. The van der Waals surface area contributed by atoms with Crippen molar-refractivity contribution >= 4 is 22.8 Å². The molecule has 2 N–H and O–H groups in total. The van der Waals surface area contributed by atoms with E-state index in [1.165, 1.54) is 0 Å². The van der Waals surface area contributed by atoms with Gasteiger partial charge in [0, 0.05) is 6.42 Å². The smallest absolute Gasteiger partial charge is 0.326 e. The van der Waals surface area contributed by atoms with Crippen LogP contribution in [0.1, 0.15) is 37.8 Å². The van der Waals surface area contributed by atoms with Crippen molar-refractivity contribution in [3.05, 3.63) is 70.5 Å². The third-order valence-corrected chi connectivity index (χ3v) is 4.92. The Hall–Kier alpha value is -3.55. The molecule has 30 heavy (non-hydrogen) atoms. The maximum absolute atomic E-state index is 13.0. The van der Waals surface area contributed by atoms with E-state index in [-0.39, 0.29) is 6.42 Å². The van der Waals surface area contributed by atoms with Gasteiger partial charge in [-0.1, -0.05) is 67.4 Å². The summed E-state index contributed by atoms with van der Waals surface area (Å²) in [5.41, 5.74) is 0.811. The molecule has 3 aromatic rings. The van der Waals surface area contributed by atoms with Crippen LogP contribution < -0.4 is 10.9 Å². The number of rotatable bonds is 9. The van der Waals surface area contributed by atoms with Gasteiger partial charge in [0.2, 0.25) is 5.91 Å². The predicted octanol–water partition coefficient (Wildman–Crippen LogP) is 2.33. The second-order valence-corrected chi connectivity index (χ2v) is 7.10. The summed E-state index contributed by atoms with van der Waals surface area (Å²) in [4.78, 5) is 37.7. The average Bonchev–Trinajstić information content (AvgIpc) is 2.75. The van der Waals surface area contributed by atoms with Crippen molar-refractivity contribution in [1.82, 2.24) is 20.3 Å². The molecular weight excluding hydrogens is 384 g/mol. The van der Waals surface area contributed by atoms with E-state index in [9.17, 15) is 19.5 Å². The van der Waals surface area contributed by atoms with Crippen molar-refractivity contribution in [3.8, 4) is 0 Å². The molecule has 0 radical (unpaired) electrons. The Balaban J connectivity index is 1.89.